The summed E-state index contributed by atoms with van der Waals surface area (Å²) in [5, 5.41) is 7.34. The minimum Gasteiger partial charge on any atom is -0.494 e. The molecular weight excluding hydrogens is 448 g/mol. The molecule has 186 valence electrons. The van der Waals surface area contributed by atoms with Gasteiger partial charge in [0, 0.05) is 45.1 Å². The lowest BCUT2D eigenvalue weighted by atomic mass is 9.89. The molecule has 0 saturated carbocycles. The van der Waals surface area contributed by atoms with Gasteiger partial charge in [0.1, 0.15) is 12.8 Å². The van der Waals surface area contributed by atoms with Gasteiger partial charge in [0.2, 0.25) is 5.82 Å². The summed E-state index contributed by atoms with van der Waals surface area (Å²) in [7, 11) is 1.30. The first-order valence-corrected chi connectivity index (χ1v) is 11.6. The van der Waals surface area contributed by atoms with E-state index in [9.17, 15) is 13.6 Å². The Morgan fingerprint density at radius 2 is 1.91 bits per heavy atom. The second-order valence-electron chi connectivity index (χ2n) is 9.47. The Kier molecular flexibility index (Phi) is 5.91. The van der Waals surface area contributed by atoms with Crippen molar-refractivity contribution in [2.24, 2.45) is 0 Å². The Morgan fingerprint density at radius 1 is 1.15 bits per heavy atom. The summed E-state index contributed by atoms with van der Waals surface area (Å²) in [5.74, 6) is -2.91. The average molecular weight is 480 g/mol. The van der Waals surface area contributed by atoms with Crippen LogP contribution in [0.2, 0.25) is 0 Å². The molecule has 0 bridgehead atoms. The molecule has 1 amide bonds. The number of nitrogens with one attached hydrogen (secondary N) is 1. The molecule has 3 saturated heterocycles. The molecule has 2 atom stereocenters. The monoisotopic (exact) mass is 479 g/mol. The predicted octanol–water partition coefficient (Wildman–Crippen LogP) is 1.47. The molecule has 5 rings (SSSR count). The van der Waals surface area contributed by atoms with E-state index in [1.165, 1.54) is 19.2 Å². The number of rotatable bonds is 4. The number of fused-ring (bicyclic) bond motifs is 1. The first-order valence-electron chi connectivity index (χ1n) is 11.6. The minimum atomic E-state index is -1.00. The van der Waals surface area contributed by atoms with E-state index in [2.05, 4.69) is 10.3 Å². The molecule has 1 aromatic carbocycles. The summed E-state index contributed by atoms with van der Waals surface area (Å²) in [6.45, 7) is 7.57. The van der Waals surface area contributed by atoms with Crippen LogP contribution in [-0.4, -0.2) is 91.4 Å². The molecule has 4 aliphatic rings. The fraction of sp³-hybridized carbons (Fsp3) is 0.609. The number of hydrogen-bond donors (Lipinski definition) is 1. The molecule has 1 N–H and O–H groups in total. The van der Waals surface area contributed by atoms with Crippen molar-refractivity contribution in [3.63, 3.8) is 0 Å². The van der Waals surface area contributed by atoms with Crippen LogP contribution in [0.3, 0.4) is 0 Å². The van der Waals surface area contributed by atoms with Crippen molar-refractivity contribution < 1.29 is 27.8 Å². The molecule has 4 aliphatic heterocycles. The summed E-state index contributed by atoms with van der Waals surface area (Å²) in [5.41, 5.74) is -0.855. The zero-order valence-electron chi connectivity index (χ0n) is 19.7. The molecule has 3 fully saturated rings. The highest BCUT2D eigenvalue weighted by Crippen LogP contribution is 2.41. The third-order valence-electron chi connectivity index (χ3n) is 6.89. The molecule has 9 nitrogen and oxygen atoms in total. The summed E-state index contributed by atoms with van der Waals surface area (Å²) in [6, 6.07) is 2.91. The third-order valence-corrected chi connectivity index (χ3v) is 6.89. The van der Waals surface area contributed by atoms with Crippen molar-refractivity contribution in [3.8, 4) is 5.75 Å². The van der Waals surface area contributed by atoms with E-state index < -0.39 is 23.0 Å². The van der Waals surface area contributed by atoms with E-state index in [1.54, 1.807) is 11.1 Å². The van der Waals surface area contributed by atoms with Gasteiger partial charge in [0.15, 0.2) is 23.0 Å². The number of ether oxygens (including phenoxy) is 3. The van der Waals surface area contributed by atoms with Crippen molar-refractivity contribution in [2.45, 2.75) is 37.8 Å². The maximum atomic E-state index is 14.5. The van der Waals surface area contributed by atoms with Crippen molar-refractivity contribution >= 4 is 11.6 Å². The van der Waals surface area contributed by atoms with E-state index in [0.717, 1.165) is 13.0 Å². The first kappa shape index (κ1) is 23.3. The van der Waals surface area contributed by atoms with Gasteiger partial charge in [-0.25, -0.2) is 9.40 Å². The lowest BCUT2D eigenvalue weighted by Gasteiger charge is -2.44. The Morgan fingerprint density at radius 3 is 2.65 bits per heavy atom. The smallest absolute Gasteiger partial charge is 0.259 e. The van der Waals surface area contributed by atoms with E-state index in [4.69, 9.17) is 14.2 Å². The van der Waals surface area contributed by atoms with Crippen LogP contribution >= 0.6 is 0 Å². The van der Waals surface area contributed by atoms with Crippen LogP contribution < -0.4 is 15.0 Å². The topological polar surface area (TPSA) is 69.8 Å². The second-order valence-corrected chi connectivity index (χ2v) is 9.47. The Hall–Kier alpha value is -2.47. The highest BCUT2D eigenvalue weighted by Gasteiger charge is 2.60. The molecule has 0 aromatic heterocycles. The van der Waals surface area contributed by atoms with Gasteiger partial charge < -0.3 is 29.3 Å². The van der Waals surface area contributed by atoms with Crippen molar-refractivity contribution in [1.82, 2.24) is 20.2 Å². The molecule has 0 spiro atoms. The van der Waals surface area contributed by atoms with E-state index in [1.807, 2.05) is 30.0 Å². The molecule has 0 radical (unpaired) electrons. The van der Waals surface area contributed by atoms with E-state index >= 15 is 0 Å². The summed E-state index contributed by atoms with van der Waals surface area (Å²) < 4.78 is 45.7. The van der Waals surface area contributed by atoms with Crippen LogP contribution in [0.15, 0.2) is 24.5 Å². The SMILES string of the molecule is COc1ccc(N2C=CN(N3CCN(C(=O)[C@@]45CNCC[C@@H]4OC(C)(C)O5)CC3)C2)c(F)c1F. The number of hydrazine groups is 1. The number of piperazine rings is 1. The zero-order valence-corrected chi connectivity index (χ0v) is 19.7. The van der Waals surface area contributed by atoms with Gasteiger partial charge in [0.05, 0.1) is 12.8 Å². The molecule has 11 heteroatoms. The Bertz CT molecular complexity index is 984. The van der Waals surface area contributed by atoms with Crippen LogP contribution in [-0.2, 0) is 14.3 Å². The number of anilines is 1. The lowest BCUT2D eigenvalue weighted by Crippen LogP contribution is -2.65. The van der Waals surface area contributed by atoms with Crippen LogP contribution in [0, 0.1) is 11.6 Å². The minimum absolute atomic E-state index is 0.0377. The highest BCUT2D eigenvalue weighted by molar-refractivity contribution is 5.87. The maximum absolute atomic E-state index is 14.5. The van der Waals surface area contributed by atoms with Crippen molar-refractivity contribution in [3.05, 3.63) is 36.2 Å². The summed E-state index contributed by atoms with van der Waals surface area (Å²) in [6.07, 6.45) is 4.01. The lowest BCUT2D eigenvalue weighted by molar-refractivity contribution is -0.181. The molecule has 0 aliphatic carbocycles. The van der Waals surface area contributed by atoms with E-state index in [0.29, 0.717) is 39.4 Å². The number of hydrogen-bond acceptors (Lipinski definition) is 8. The second kappa shape index (κ2) is 8.63. The van der Waals surface area contributed by atoms with Crippen molar-refractivity contribution in [2.75, 3.05) is 57.9 Å². The number of methoxy groups -OCH3 is 1. The van der Waals surface area contributed by atoms with Gasteiger partial charge in [-0.3, -0.25) is 9.80 Å². The quantitative estimate of drug-likeness (QED) is 0.697. The van der Waals surface area contributed by atoms with Gasteiger partial charge >= 0.3 is 0 Å². The standard InChI is InChI=1S/C23H31F2N5O4/c1-22(2)33-18-6-7-26-14-23(18,34-22)21(31)27-8-11-29(12-9-27)30-13-10-28(15-30)16-4-5-17(32-3)20(25)19(16)24/h4-5,10,13,18,26H,6-9,11-12,14-15H2,1-3H3/t18-,23+/m0/s1. The normalized spacial score (nSPS) is 29.0. The number of carbonyl (C=O) groups excluding carboxylic acids is 1. The maximum Gasteiger partial charge on any atom is 0.259 e. The first-order chi connectivity index (χ1) is 16.2. The summed E-state index contributed by atoms with van der Waals surface area (Å²) in [4.78, 5) is 17.1. The van der Waals surface area contributed by atoms with Crippen molar-refractivity contribution in [1.29, 1.82) is 0 Å². The van der Waals surface area contributed by atoms with Crippen LogP contribution in [0.1, 0.15) is 20.3 Å². The number of nitrogens with zero attached hydrogens (tertiary/aromatic N) is 4. The van der Waals surface area contributed by atoms with Gasteiger partial charge in [-0.1, -0.05) is 0 Å². The number of piperidine rings is 1. The zero-order chi connectivity index (χ0) is 24.1. The fourth-order valence-corrected chi connectivity index (χ4v) is 5.24. The summed E-state index contributed by atoms with van der Waals surface area (Å²) >= 11 is 0. The van der Waals surface area contributed by atoms with E-state index in [-0.39, 0.29) is 23.4 Å². The number of amides is 1. The van der Waals surface area contributed by atoms with Gasteiger partial charge in [-0.2, -0.15) is 4.39 Å². The van der Waals surface area contributed by atoms with Gasteiger partial charge in [0.25, 0.3) is 5.91 Å². The average Bonchev–Trinajstić information content (AvgIpc) is 3.42. The number of carbonyl (C=O) groups is 1. The molecular formula is C23H31F2N5O4. The fourth-order valence-electron chi connectivity index (χ4n) is 5.24. The molecule has 1 aromatic rings. The Balaban J connectivity index is 1.21. The molecule has 0 unspecified atom stereocenters. The molecule has 34 heavy (non-hydrogen) atoms. The number of halogens is 2. The highest BCUT2D eigenvalue weighted by atomic mass is 19.2. The molecule has 4 heterocycles. The van der Waals surface area contributed by atoms with Crippen LogP contribution in [0.5, 0.6) is 5.75 Å². The largest absolute Gasteiger partial charge is 0.494 e. The van der Waals surface area contributed by atoms with Crippen LogP contribution in [0.25, 0.3) is 0 Å². The van der Waals surface area contributed by atoms with Gasteiger partial charge in [-0.15, -0.1) is 0 Å². The predicted molar refractivity (Wildman–Crippen MR) is 120 cm³/mol. The number of benzene rings is 1. The third kappa shape index (κ3) is 3.90. The van der Waals surface area contributed by atoms with Gasteiger partial charge in [-0.05, 0) is 38.9 Å². The Labute approximate surface area is 197 Å². The van der Waals surface area contributed by atoms with Crippen LogP contribution in [0.4, 0.5) is 14.5 Å².